The van der Waals surface area contributed by atoms with E-state index in [-0.39, 0.29) is 37.3 Å². The summed E-state index contributed by atoms with van der Waals surface area (Å²) >= 11 is 0. The summed E-state index contributed by atoms with van der Waals surface area (Å²) < 4.78 is 0. The Labute approximate surface area is 198 Å². The van der Waals surface area contributed by atoms with Crippen LogP contribution in [0.1, 0.15) is 11.1 Å². The van der Waals surface area contributed by atoms with Crippen LogP contribution in [0.25, 0.3) is 0 Å². The number of nitrogens with zero attached hydrogens (tertiary/aromatic N) is 2. The molecule has 0 saturated carbocycles. The topological polar surface area (TPSA) is 108 Å². The van der Waals surface area contributed by atoms with Gasteiger partial charge < -0.3 is 10.6 Å². The molecule has 4 amide bonds. The highest BCUT2D eigenvalue weighted by atomic mass is 35.5. The summed E-state index contributed by atoms with van der Waals surface area (Å²) in [4.78, 5) is 42.4. The Morgan fingerprint density at radius 1 is 0.969 bits per heavy atom. The van der Waals surface area contributed by atoms with Gasteiger partial charge in [0.05, 0.1) is 6.04 Å². The van der Waals surface area contributed by atoms with Crippen molar-refractivity contribution < 1.29 is 14.4 Å². The van der Waals surface area contributed by atoms with Crippen LogP contribution in [-0.4, -0.2) is 48.4 Å². The fourth-order valence-electron chi connectivity index (χ4n) is 5.01. The second kappa shape index (κ2) is 8.97. The summed E-state index contributed by atoms with van der Waals surface area (Å²) in [5, 5.41) is 4.65. The number of nitrogens with two attached hydrogens (primary N) is 1. The van der Waals surface area contributed by atoms with Crippen molar-refractivity contribution in [2.45, 2.75) is 19.0 Å². The van der Waals surface area contributed by atoms with Gasteiger partial charge in [-0.2, -0.15) is 0 Å². The number of benzene rings is 2. The Morgan fingerprint density at radius 2 is 1.66 bits per heavy atom. The molecule has 0 bridgehead atoms. The Kier molecular flexibility index (Phi) is 6.69. The average molecular weight is 478 g/mol. The van der Waals surface area contributed by atoms with Crippen LogP contribution in [0.4, 0.5) is 16.2 Å². The molecule has 32 heavy (non-hydrogen) atoms. The van der Waals surface area contributed by atoms with Gasteiger partial charge >= 0.3 is 6.03 Å². The van der Waals surface area contributed by atoms with Gasteiger partial charge in [-0.3, -0.25) is 25.1 Å². The average Bonchev–Trinajstić information content (AvgIpc) is 2.72. The van der Waals surface area contributed by atoms with Crippen LogP contribution in [0.15, 0.2) is 48.5 Å². The lowest BCUT2D eigenvalue weighted by molar-refractivity contribution is -0.147. The Balaban J connectivity index is 0.00000144. The van der Waals surface area contributed by atoms with Crippen molar-refractivity contribution in [3.8, 4) is 0 Å². The number of amides is 4. The first kappa shape index (κ1) is 23.8. The SMILES string of the molecule is Cl.Cl.Nc1ccc2c(c1)CC1(C(=O)NC(=O)NC1=O)C1CN(Cc3ccccc3)CCN21. The number of barbiturate groups is 1. The molecule has 0 aliphatic carbocycles. The van der Waals surface area contributed by atoms with E-state index in [2.05, 4.69) is 32.6 Å². The van der Waals surface area contributed by atoms with Gasteiger partial charge in [0, 0.05) is 37.6 Å². The van der Waals surface area contributed by atoms with E-state index in [1.807, 2.05) is 36.4 Å². The molecule has 2 saturated heterocycles. The first-order valence-electron chi connectivity index (χ1n) is 10.1. The van der Waals surface area contributed by atoms with Crippen molar-refractivity contribution in [2.24, 2.45) is 5.41 Å². The number of imide groups is 2. The smallest absolute Gasteiger partial charge is 0.328 e. The van der Waals surface area contributed by atoms with E-state index in [1.165, 1.54) is 5.56 Å². The lowest BCUT2D eigenvalue weighted by atomic mass is 9.68. The number of carbonyl (C=O) groups excluding carboxylic acids is 3. The summed E-state index contributed by atoms with van der Waals surface area (Å²) in [7, 11) is 0. The number of nitrogens with one attached hydrogen (secondary N) is 2. The van der Waals surface area contributed by atoms with Crippen LogP contribution < -0.4 is 21.3 Å². The van der Waals surface area contributed by atoms with Crippen LogP contribution in [0.3, 0.4) is 0 Å². The molecular weight excluding hydrogens is 453 g/mol. The number of hydrogen-bond acceptors (Lipinski definition) is 6. The second-order valence-electron chi connectivity index (χ2n) is 8.20. The monoisotopic (exact) mass is 477 g/mol. The molecule has 3 aliphatic rings. The number of anilines is 2. The van der Waals surface area contributed by atoms with E-state index in [1.54, 1.807) is 0 Å². The van der Waals surface area contributed by atoms with Gasteiger partial charge in [-0.15, -0.1) is 24.8 Å². The quantitative estimate of drug-likeness (QED) is 0.448. The number of halogens is 2. The molecule has 2 aromatic carbocycles. The van der Waals surface area contributed by atoms with E-state index in [4.69, 9.17) is 5.73 Å². The highest BCUT2D eigenvalue weighted by Gasteiger charge is 2.60. The lowest BCUT2D eigenvalue weighted by Crippen LogP contribution is -2.74. The van der Waals surface area contributed by atoms with Gasteiger partial charge in [0.1, 0.15) is 0 Å². The Bertz CT molecular complexity index is 1030. The van der Waals surface area contributed by atoms with Gasteiger partial charge in [0.2, 0.25) is 11.8 Å². The fraction of sp³-hybridized carbons (Fsp3) is 0.318. The van der Waals surface area contributed by atoms with E-state index >= 15 is 0 Å². The number of fused-ring (bicyclic) bond motifs is 4. The standard InChI is InChI=1S/C22H23N5O3.2ClH/c23-16-6-7-17-15(10-16)11-22(19(28)24-21(30)25-20(22)29)18-13-26(8-9-27(17)18)12-14-4-2-1-3-5-14;;/h1-7,10,18H,8-9,11-13,23H2,(H2,24,25,28,29,30);2*1H. The van der Waals surface area contributed by atoms with Crippen LogP contribution in [-0.2, 0) is 22.6 Å². The number of hydrogen-bond donors (Lipinski definition) is 3. The maximum Gasteiger partial charge on any atom is 0.328 e. The largest absolute Gasteiger partial charge is 0.399 e. The molecule has 170 valence electrons. The predicted molar refractivity (Wildman–Crippen MR) is 126 cm³/mol. The summed E-state index contributed by atoms with van der Waals surface area (Å²) in [5.74, 6) is -1.08. The third-order valence-electron chi connectivity index (χ3n) is 6.43. The molecule has 5 rings (SSSR count). The van der Waals surface area contributed by atoms with Crippen molar-refractivity contribution >= 4 is 54.0 Å². The maximum absolute atomic E-state index is 13.1. The zero-order chi connectivity index (χ0) is 20.9. The number of urea groups is 1. The molecular formula is C22H25Cl2N5O3. The molecule has 1 spiro atoms. The first-order valence-corrected chi connectivity index (χ1v) is 10.1. The lowest BCUT2D eigenvalue weighted by Gasteiger charge is -2.54. The first-order chi connectivity index (χ1) is 14.5. The number of rotatable bonds is 2. The Morgan fingerprint density at radius 3 is 2.34 bits per heavy atom. The molecule has 10 heteroatoms. The van der Waals surface area contributed by atoms with Crippen LogP contribution in [0.2, 0.25) is 0 Å². The van der Waals surface area contributed by atoms with Gasteiger partial charge in [-0.05, 0) is 35.7 Å². The molecule has 0 radical (unpaired) electrons. The number of carbonyl (C=O) groups is 3. The summed E-state index contributed by atoms with van der Waals surface area (Å²) in [5.41, 5.74) is 8.21. The molecule has 1 atom stereocenters. The van der Waals surface area contributed by atoms with Gasteiger partial charge in [0.15, 0.2) is 5.41 Å². The van der Waals surface area contributed by atoms with Gasteiger partial charge in [-0.1, -0.05) is 30.3 Å². The molecule has 1 unspecified atom stereocenters. The zero-order valence-corrected chi connectivity index (χ0v) is 18.9. The normalized spacial score (nSPS) is 21.4. The number of piperazine rings is 1. The van der Waals surface area contributed by atoms with E-state index in [0.29, 0.717) is 18.8 Å². The summed E-state index contributed by atoms with van der Waals surface area (Å²) in [6.45, 7) is 2.74. The predicted octanol–water partition coefficient (Wildman–Crippen LogP) is 1.71. The molecule has 2 aromatic rings. The van der Waals surface area contributed by atoms with Crippen molar-refractivity contribution in [2.75, 3.05) is 30.3 Å². The van der Waals surface area contributed by atoms with E-state index < -0.39 is 23.3 Å². The number of nitrogen functional groups attached to an aromatic ring is 1. The van der Waals surface area contributed by atoms with Crippen molar-refractivity contribution in [3.05, 3.63) is 59.7 Å². The highest BCUT2D eigenvalue weighted by Crippen LogP contribution is 2.45. The minimum atomic E-state index is -1.38. The molecule has 4 N–H and O–H groups in total. The maximum atomic E-state index is 13.1. The van der Waals surface area contributed by atoms with Crippen molar-refractivity contribution in [1.29, 1.82) is 0 Å². The molecule has 8 nitrogen and oxygen atoms in total. The highest BCUT2D eigenvalue weighted by molar-refractivity contribution is 6.20. The van der Waals surface area contributed by atoms with Crippen LogP contribution in [0.5, 0.6) is 0 Å². The third-order valence-corrected chi connectivity index (χ3v) is 6.43. The summed E-state index contributed by atoms with van der Waals surface area (Å²) in [6.07, 6.45) is 0.207. The Hall–Kier alpha value is -2.81. The zero-order valence-electron chi connectivity index (χ0n) is 17.2. The summed E-state index contributed by atoms with van der Waals surface area (Å²) in [6, 6.07) is 14.6. The van der Waals surface area contributed by atoms with Crippen LogP contribution >= 0.6 is 24.8 Å². The minimum absolute atomic E-state index is 0. The molecule has 2 fully saturated rings. The van der Waals surface area contributed by atoms with Gasteiger partial charge in [0.25, 0.3) is 0 Å². The van der Waals surface area contributed by atoms with Crippen molar-refractivity contribution in [3.63, 3.8) is 0 Å². The van der Waals surface area contributed by atoms with Crippen LogP contribution in [0, 0.1) is 5.41 Å². The molecule has 0 aromatic heterocycles. The fourth-order valence-corrected chi connectivity index (χ4v) is 5.01. The molecule has 3 aliphatic heterocycles. The van der Waals surface area contributed by atoms with E-state index in [0.717, 1.165) is 24.3 Å². The third kappa shape index (κ3) is 3.79. The van der Waals surface area contributed by atoms with Crippen molar-refractivity contribution in [1.82, 2.24) is 15.5 Å². The minimum Gasteiger partial charge on any atom is -0.399 e. The van der Waals surface area contributed by atoms with Gasteiger partial charge in [-0.25, -0.2) is 4.79 Å². The molecule has 3 heterocycles. The van der Waals surface area contributed by atoms with E-state index in [9.17, 15) is 14.4 Å². The second-order valence-corrected chi connectivity index (χ2v) is 8.20.